The third kappa shape index (κ3) is 4.84. The molecule has 0 heterocycles. The fourth-order valence-corrected chi connectivity index (χ4v) is 1.94. The van der Waals surface area contributed by atoms with E-state index in [0.29, 0.717) is 0 Å². The molecule has 19 heavy (non-hydrogen) atoms. The van der Waals surface area contributed by atoms with E-state index in [-0.39, 0.29) is 10.6 Å². The van der Waals surface area contributed by atoms with Gasteiger partial charge in [-0.05, 0) is 39.0 Å². The molecule has 0 radical (unpaired) electrons. The second-order valence-electron chi connectivity index (χ2n) is 4.81. The fraction of sp³-hybridized carbons (Fsp3) is 0.364. The van der Waals surface area contributed by atoms with Gasteiger partial charge >= 0.3 is 6.09 Å². The van der Waals surface area contributed by atoms with Gasteiger partial charge < -0.3 is 4.74 Å². The molecule has 0 aliphatic carbocycles. The van der Waals surface area contributed by atoms with E-state index in [1.165, 1.54) is 0 Å². The maximum absolute atomic E-state index is 13.1. The molecule has 0 aliphatic heterocycles. The predicted octanol–water partition coefficient (Wildman–Crippen LogP) is 1.82. The summed E-state index contributed by atoms with van der Waals surface area (Å²) >= 11 is 0. The molecule has 0 fully saturated rings. The zero-order valence-corrected chi connectivity index (χ0v) is 11.5. The van der Waals surface area contributed by atoms with E-state index in [9.17, 15) is 17.6 Å². The highest BCUT2D eigenvalue weighted by molar-refractivity contribution is 7.89. The number of primary sulfonamides is 1. The Morgan fingerprint density at radius 2 is 1.95 bits per heavy atom. The maximum Gasteiger partial charge on any atom is 0.412 e. The number of halogens is 1. The number of ether oxygens (including phenoxy) is 1. The Bertz CT molecular complexity index is 593. The van der Waals surface area contributed by atoms with Gasteiger partial charge in [-0.25, -0.2) is 22.7 Å². The van der Waals surface area contributed by atoms with Crippen molar-refractivity contribution in [2.24, 2.45) is 5.14 Å². The number of carbonyl (C=O) groups excluding carboxylic acids is 1. The molecule has 8 heteroatoms. The highest BCUT2D eigenvalue weighted by Gasteiger charge is 2.20. The average molecular weight is 290 g/mol. The Morgan fingerprint density at radius 1 is 1.37 bits per heavy atom. The number of nitrogens with one attached hydrogen (secondary N) is 1. The highest BCUT2D eigenvalue weighted by atomic mass is 32.2. The number of nitrogens with two attached hydrogens (primary N) is 1. The van der Waals surface area contributed by atoms with E-state index in [2.05, 4.69) is 5.32 Å². The van der Waals surface area contributed by atoms with E-state index in [1.807, 2.05) is 0 Å². The Labute approximate surface area is 110 Å². The monoisotopic (exact) mass is 290 g/mol. The normalized spacial score (nSPS) is 12.1. The molecule has 0 saturated carbocycles. The molecule has 106 valence electrons. The summed E-state index contributed by atoms with van der Waals surface area (Å²) < 4.78 is 40.6. The molecule has 0 bridgehead atoms. The average Bonchev–Trinajstić information content (AvgIpc) is 2.11. The number of anilines is 1. The molecular weight excluding hydrogens is 275 g/mol. The largest absolute Gasteiger partial charge is 0.444 e. The molecule has 0 saturated heterocycles. The van der Waals surface area contributed by atoms with E-state index < -0.39 is 27.5 Å². The van der Waals surface area contributed by atoms with Gasteiger partial charge in [-0.3, -0.25) is 5.32 Å². The van der Waals surface area contributed by atoms with Crippen LogP contribution >= 0.6 is 0 Å². The third-order valence-electron chi connectivity index (χ3n) is 1.88. The minimum atomic E-state index is -4.08. The summed E-state index contributed by atoms with van der Waals surface area (Å²) in [4.78, 5) is 11.1. The molecule has 1 aromatic carbocycles. The third-order valence-corrected chi connectivity index (χ3v) is 2.85. The number of amides is 1. The molecular formula is C11H15FN2O4S. The van der Waals surface area contributed by atoms with Gasteiger partial charge in [-0.15, -0.1) is 0 Å². The minimum Gasteiger partial charge on any atom is -0.444 e. The lowest BCUT2D eigenvalue weighted by Crippen LogP contribution is -2.28. The summed E-state index contributed by atoms with van der Waals surface area (Å²) in [6, 6.07) is 2.75. The van der Waals surface area contributed by atoms with Crippen LogP contribution in [0.2, 0.25) is 0 Å². The summed E-state index contributed by atoms with van der Waals surface area (Å²) in [6.45, 7) is 4.91. The summed E-state index contributed by atoms with van der Waals surface area (Å²) in [5.74, 6) is -0.710. The van der Waals surface area contributed by atoms with Crippen LogP contribution in [-0.4, -0.2) is 20.1 Å². The maximum atomic E-state index is 13.1. The van der Waals surface area contributed by atoms with Crippen molar-refractivity contribution in [1.82, 2.24) is 0 Å². The minimum absolute atomic E-state index is 0.267. The number of carbonyl (C=O) groups is 1. The van der Waals surface area contributed by atoms with Gasteiger partial charge in [0.1, 0.15) is 16.3 Å². The van der Waals surface area contributed by atoms with Crippen LogP contribution in [0.3, 0.4) is 0 Å². The van der Waals surface area contributed by atoms with Crippen molar-refractivity contribution >= 4 is 21.8 Å². The van der Waals surface area contributed by atoms with Crippen LogP contribution in [0, 0.1) is 5.82 Å². The summed E-state index contributed by atoms with van der Waals surface area (Å²) in [5.41, 5.74) is -1.03. The van der Waals surface area contributed by atoms with E-state index >= 15 is 0 Å². The lowest BCUT2D eigenvalue weighted by atomic mass is 10.2. The zero-order chi connectivity index (χ0) is 14.8. The van der Waals surface area contributed by atoms with Gasteiger partial charge in [0, 0.05) is 0 Å². The number of hydrogen-bond donors (Lipinski definition) is 2. The summed E-state index contributed by atoms with van der Waals surface area (Å²) in [7, 11) is -4.08. The van der Waals surface area contributed by atoms with Gasteiger partial charge in [0.2, 0.25) is 10.0 Å². The molecule has 3 N–H and O–H groups in total. The van der Waals surface area contributed by atoms with E-state index in [4.69, 9.17) is 9.88 Å². The first-order valence-corrected chi connectivity index (χ1v) is 6.86. The van der Waals surface area contributed by atoms with Crippen molar-refractivity contribution in [3.05, 3.63) is 24.0 Å². The highest BCUT2D eigenvalue weighted by Crippen LogP contribution is 2.22. The van der Waals surface area contributed by atoms with Gasteiger partial charge in [0.05, 0.1) is 5.69 Å². The second kappa shape index (κ2) is 5.14. The smallest absolute Gasteiger partial charge is 0.412 e. The lowest BCUT2D eigenvalue weighted by Gasteiger charge is -2.20. The molecule has 0 unspecified atom stereocenters. The number of benzene rings is 1. The van der Waals surface area contributed by atoms with Crippen LogP contribution < -0.4 is 10.5 Å². The van der Waals surface area contributed by atoms with Crippen LogP contribution in [0.25, 0.3) is 0 Å². The molecule has 6 nitrogen and oxygen atoms in total. The SMILES string of the molecule is CC(C)(C)OC(=O)Nc1cc(F)ccc1S(N)(=O)=O. The number of hydrogen-bond acceptors (Lipinski definition) is 4. The van der Waals surface area contributed by atoms with Crippen LogP contribution in [0.5, 0.6) is 0 Å². The molecule has 0 aromatic heterocycles. The zero-order valence-electron chi connectivity index (χ0n) is 10.7. The van der Waals surface area contributed by atoms with Crippen LogP contribution in [0.15, 0.2) is 23.1 Å². The van der Waals surface area contributed by atoms with E-state index in [0.717, 1.165) is 18.2 Å². The molecule has 0 aliphatic rings. The van der Waals surface area contributed by atoms with Crippen molar-refractivity contribution in [2.45, 2.75) is 31.3 Å². The molecule has 0 spiro atoms. The topological polar surface area (TPSA) is 98.5 Å². The van der Waals surface area contributed by atoms with Gasteiger partial charge in [-0.1, -0.05) is 0 Å². The number of rotatable bonds is 2. The number of sulfonamides is 1. The fourth-order valence-electron chi connectivity index (χ4n) is 1.26. The first-order chi connectivity index (χ1) is 8.49. The molecule has 0 atom stereocenters. The molecule has 1 aromatic rings. The molecule has 1 rings (SSSR count). The Kier molecular flexibility index (Phi) is 4.16. The lowest BCUT2D eigenvalue weighted by molar-refractivity contribution is 0.0635. The van der Waals surface area contributed by atoms with Crippen LogP contribution in [0.4, 0.5) is 14.9 Å². The van der Waals surface area contributed by atoms with E-state index in [1.54, 1.807) is 20.8 Å². The van der Waals surface area contributed by atoms with Crippen LogP contribution in [-0.2, 0) is 14.8 Å². The van der Waals surface area contributed by atoms with Crippen molar-refractivity contribution in [1.29, 1.82) is 0 Å². The van der Waals surface area contributed by atoms with Crippen molar-refractivity contribution < 1.29 is 22.3 Å². The standard InChI is InChI=1S/C11H15FN2O4S/c1-11(2,3)18-10(15)14-8-6-7(12)4-5-9(8)19(13,16)17/h4-6H,1-3H3,(H,14,15)(H2,13,16,17). The Hall–Kier alpha value is -1.67. The Morgan fingerprint density at radius 3 is 2.42 bits per heavy atom. The van der Waals surface area contributed by atoms with Crippen molar-refractivity contribution in [3.63, 3.8) is 0 Å². The van der Waals surface area contributed by atoms with Crippen molar-refractivity contribution in [2.75, 3.05) is 5.32 Å². The first kappa shape index (κ1) is 15.4. The molecule has 1 amide bonds. The van der Waals surface area contributed by atoms with Crippen molar-refractivity contribution in [3.8, 4) is 0 Å². The van der Waals surface area contributed by atoms with Gasteiger partial charge in [0.15, 0.2) is 0 Å². The quantitative estimate of drug-likeness (QED) is 0.867. The summed E-state index contributed by atoms with van der Waals surface area (Å²) in [6.07, 6.45) is -0.900. The van der Waals surface area contributed by atoms with Crippen LogP contribution in [0.1, 0.15) is 20.8 Å². The first-order valence-electron chi connectivity index (χ1n) is 5.31. The summed E-state index contributed by atoms with van der Waals surface area (Å²) in [5, 5.41) is 7.12. The Balaban J connectivity index is 3.07. The van der Waals surface area contributed by atoms with Gasteiger partial charge in [-0.2, -0.15) is 0 Å². The second-order valence-corrected chi connectivity index (χ2v) is 6.34. The van der Waals surface area contributed by atoms with Gasteiger partial charge in [0.25, 0.3) is 0 Å². The predicted molar refractivity (Wildman–Crippen MR) is 67.6 cm³/mol.